The number of hydrogen-bond acceptors (Lipinski definition) is 2. The Morgan fingerprint density at radius 1 is 0.955 bits per heavy atom. The predicted octanol–water partition coefficient (Wildman–Crippen LogP) is 4.53. The van der Waals surface area contributed by atoms with Crippen LogP contribution in [0.3, 0.4) is 0 Å². The van der Waals surface area contributed by atoms with E-state index in [2.05, 4.69) is 0 Å². The van der Waals surface area contributed by atoms with E-state index in [9.17, 15) is 4.79 Å². The second-order valence-corrected chi connectivity index (χ2v) is 5.15. The molecule has 0 aliphatic heterocycles. The second kappa shape index (κ2) is 5.90. The van der Waals surface area contributed by atoms with Gasteiger partial charge in [0, 0.05) is 18.3 Å². The van der Waals surface area contributed by atoms with Crippen molar-refractivity contribution in [3.8, 4) is 11.3 Å². The van der Waals surface area contributed by atoms with Crippen LogP contribution in [0, 0.1) is 6.92 Å². The van der Waals surface area contributed by atoms with E-state index in [1.165, 1.54) is 0 Å². The number of hydrogen-bond donors (Lipinski definition) is 0. The van der Waals surface area contributed by atoms with Gasteiger partial charge in [0.25, 0.3) is 5.91 Å². The fourth-order valence-corrected chi connectivity index (χ4v) is 2.39. The maximum absolute atomic E-state index is 12.7. The van der Waals surface area contributed by atoms with Crippen molar-refractivity contribution in [2.24, 2.45) is 0 Å². The highest BCUT2D eigenvalue weighted by Gasteiger charge is 2.20. The van der Waals surface area contributed by atoms with Gasteiger partial charge in [0.05, 0.1) is 5.56 Å². The van der Waals surface area contributed by atoms with Gasteiger partial charge >= 0.3 is 0 Å². The molecule has 0 unspecified atom stereocenters. The third kappa shape index (κ3) is 2.66. The first kappa shape index (κ1) is 14.1. The molecule has 3 nitrogen and oxygen atoms in total. The monoisotopic (exact) mass is 291 g/mol. The Labute approximate surface area is 129 Å². The lowest BCUT2D eigenvalue weighted by atomic mass is 10.1. The molecule has 3 rings (SSSR count). The zero-order chi connectivity index (χ0) is 15.5. The highest BCUT2D eigenvalue weighted by atomic mass is 16.3. The van der Waals surface area contributed by atoms with Gasteiger partial charge in [0.15, 0.2) is 0 Å². The normalized spacial score (nSPS) is 10.5. The van der Waals surface area contributed by atoms with Crippen LogP contribution < -0.4 is 4.90 Å². The molecule has 0 saturated carbocycles. The van der Waals surface area contributed by atoms with Crippen LogP contribution in [0.15, 0.2) is 71.1 Å². The molecule has 0 radical (unpaired) electrons. The Morgan fingerprint density at radius 3 is 2.18 bits per heavy atom. The van der Waals surface area contributed by atoms with Crippen molar-refractivity contribution in [1.82, 2.24) is 0 Å². The van der Waals surface area contributed by atoms with Crippen LogP contribution in [-0.2, 0) is 0 Å². The van der Waals surface area contributed by atoms with E-state index in [0.717, 1.165) is 11.3 Å². The Balaban J connectivity index is 1.92. The molecule has 0 aliphatic carbocycles. The van der Waals surface area contributed by atoms with Gasteiger partial charge in [-0.25, -0.2) is 0 Å². The van der Waals surface area contributed by atoms with E-state index in [1.807, 2.05) is 73.7 Å². The van der Waals surface area contributed by atoms with Crippen molar-refractivity contribution in [2.75, 3.05) is 11.9 Å². The number of aryl methyl sites for hydroxylation is 1. The Morgan fingerprint density at radius 2 is 1.55 bits per heavy atom. The molecule has 0 saturated heterocycles. The second-order valence-electron chi connectivity index (χ2n) is 5.15. The minimum Gasteiger partial charge on any atom is -0.461 e. The van der Waals surface area contributed by atoms with Crippen LogP contribution in [0.1, 0.15) is 16.1 Å². The summed E-state index contributed by atoms with van der Waals surface area (Å²) in [6.07, 6.45) is 0. The van der Waals surface area contributed by atoms with Crippen LogP contribution in [0.5, 0.6) is 0 Å². The molecule has 1 heterocycles. The van der Waals surface area contributed by atoms with E-state index in [4.69, 9.17) is 4.42 Å². The summed E-state index contributed by atoms with van der Waals surface area (Å²) < 4.78 is 5.76. The van der Waals surface area contributed by atoms with Crippen molar-refractivity contribution < 1.29 is 9.21 Å². The average molecular weight is 291 g/mol. The van der Waals surface area contributed by atoms with Crippen molar-refractivity contribution in [2.45, 2.75) is 6.92 Å². The van der Waals surface area contributed by atoms with Gasteiger partial charge in [-0.15, -0.1) is 0 Å². The topological polar surface area (TPSA) is 33.5 Å². The first-order valence-corrected chi connectivity index (χ1v) is 7.16. The maximum Gasteiger partial charge on any atom is 0.261 e. The zero-order valence-corrected chi connectivity index (χ0v) is 12.6. The smallest absolute Gasteiger partial charge is 0.261 e. The fourth-order valence-electron chi connectivity index (χ4n) is 2.39. The highest BCUT2D eigenvalue weighted by molar-refractivity contribution is 6.07. The molecule has 0 aliphatic rings. The molecule has 1 aromatic heterocycles. The van der Waals surface area contributed by atoms with Crippen molar-refractivity contribution >= 4 is 11.6 Å². The number of nitrogens with zero attached hydrogens (tertiary/aromatic N) is 1. The van der Waals surface area contributed by atoms with Crippen LogP contribution in [0.25, 0.3) is 11.3 Å². The average Bonchev–Trinajstić information content (AvgIpc) is 2.97. The summed E-state index contributed by atoms with van der Waals surface area (Å²) in [5, 5.41) is 0. The number of furan rings is 1. The number of benzene rings is 2. The number of amides is 1. The summed E-state index contributed by atoms with van der Waals surface area (Å²) in [4.78, 5) is 14.3. The molecule has 1 amide bonds. The third-order valence-corrected chi connectivity index (χ3v) is 3.65. The van der Waals surface area contributed by atoms with Crippen molar-refractivity contribution in [3.63, 3.8) is 0 Å². The molecule has 110 valence electrons. The van der Waals surface area contributed by atoms with E-state index in [-0.39, 0.29) is 5.91 Å². The number of anilines is 1. The van der Waals surface area contributed by atoms with Gasteiger partial charge in [0.1, 0.15) is 11.5 Å². The lowest BCUT2D eigenvalue weighted by Gasteiger charge is -2.16. The SMILES string of the molecule is Cc1oc(-c2ccccc2)cc1C(=O)N(C)c1ccccc1. The molecule has 0 spiro atoms. The highest BCUT2D eigenvalue weighted by Crippen LogP contribution is 2.26. The Hall–Kier alpha value is -2.81. The molecule has 3 heteroatoms. The third-order valence-electron chi connectivity index (χ3n) is 3.65. The quantitative estimate of drug-likeness (QED) is 0.710. The van der Waals surface area contributed by atoms with Crippen LogP contribution in [0.2, 0.25) is 0 Å². The molecule has 22 heavy (non-hydrogen) atoms. The van der Waals surface area contributed by atoms with Gasteiger partial charge in [-0.2, -0.15) is 0 Å². The van der Waals surface area contributed by atoms with Crippen LogP contribution in [0.4, 0.5) is 5.69 Å². The molecule has 0 N–H and O–H groups in total. The largest absolute Gasteiger partial charge is 0.461 e. The van der Waals surface area contributed by atoms with Gasteiger partial charge in [0.2, 0.25) is 0 Å². The molecular weight excluding hydrogens is 274 g/mol. The minimum atomic E-state index is -0.0744. The van der Waals surface area contributed by atoms with Crippen LogP contribution in [-0.4, -0.2) is 13.0 Å². The zero-order valence-electron chi connectivity index (χ0n) is 12.6. The minimum absolute atomic E-state index is 0.0744. The van der Waals surface area contributed by atoms with E-state index < -0.39 is 0 Å². The lowest BCUT2D eigenvalue weighted by molar-refractivity contribution is 0.0991. The fraction of sp³-hybridized carbons (Fsp3) is 0.105. The summed E-state index contributed by atoms with van der Waals surface area (Å²) in [6.45, 7) is 1.82. The van der Waals surface area contributed by atoms with Crippen LogP contribution >= 0.6 is 0 Å². The number of carbonyl (C=O) groups is 1. The maximum atomic E-state index is 12.7. The molecule has 0 atom stereocenters. The Bertz CT molecular complexity index is 776. The number of rotatable bonds is 3. The standard InChI is InChI=1S/C19H17NO2/c1-14-17(13-18(22-14)15-9-5-3-6-10-15)19(21)20(2)16-11-7-4-8-12-16/h3-13H,1-2H3. The summed E-state index contributed by atoms with van der Waals surface area (Å²) in [5.74, 6) is 1.27. The number of carbonyl (C=O) groups excluding carboxylic acids is 1. The molecule has 0 bridgehead atoms. The summed E-state index contributed by atoms with van der Waals surface area (Å²) >= 11 is 0. The van der Waals surface area contributed by atoms with Crippen molar-refractivity contribution in [1.29, 1.82) is 0 Å². The van der Waals surface area contributed by atoms with Gasteiger partial charge in [-0.3, -0.25) is 4.79 Å². The van der Waals surface area contributed by atoms with E-state index >= 15 is 0 Å². The van der Waals surface area contributed by atoms with Gasteiger partial charge in [-0.1, -0.05) is 48.5 Å². The summed E-state index contributed by atoms with van der Waals surface area (Å²) in [7, 11) is 1.77. The first-order valence-electron chi connectivity index (χ1n) is 7.16. The molecule has 3 aromatic rings. The van der Waals surface area contributed by atoms with Gasteiger partial charge in [-0.05, 0) is 25.1 Å². The van der Waals surface area contributed by atoms with E-state index in [1.54, 1.807) is 11.9 Å². The molecule has 2 aromatic carbocycles. The lowest BCUT2D eigenvalue weighted by Crippen LogP contribution is -2.26. The van der Waals surface area contributed by atoms with E-state index in [0.29, 0.717) is 17.1 Å². The molecular formula is C19H17NO2. The summed E-state index contributed by atoms with van der Waals surface area (Å²) in [5.41, 5.74) is 2.41. The summed E-state index contributed by atoms with van der Waals surface area (Å²) in [6, 6.07) is 21.2. The Kier molecular flexibility index (Phi) is 3.79. The first-order chi connectivity index (χ1) is 10.7. The number of para-hydroxylation sites is 1. The van der Waals surface area contributed by atoms with Crippen molar-refractivity contribution in [3.05, 3.63) is 78.1 Å². The molecule has 0 fully saturated rings. The predicted molar refractivity (Wildman–Crippen MR) is 88.1 cm³/mol. The van der Waals surface area contributed by atoms with Gasteiger partial charge < -0.3 is 9.32 Å².